The summed E-state index contributed by atoms with van der Waals surface area (Å²) in [4.78, 5) is 61.9. The molecule has 0 saturated carbocycles. The Hall–Kier alpha value is -9.14. The Morgan fingerprint density at radius 1 is 0.425 bits per heavy atom. The number of benzene rings is 1. The zero-order valence-electron chi connectivity index (χ0n) is 83.8. The zero-order valence-corrected chi connectivity index (χ0v) is 88.8. The van der Waals surface area contributed by atoms with Crippen LogP contribution in [0.25, 0.3) is 89.7 Å². The van der Waals surface area contributed by atoms with Crippen molar-refractivity contribution in [3.8, 4) is 45.0 Å². The summed E-state index contributed by atoms with van der Waals surface area (Å²) >= 11 is 1.77. The third-order valence-corrected chi connectivity index (χ3v) is 24.0. The maximum absolute atomic E-state index is 5.91. The zero-order chi connectivity index (χ0) is 97.7. The molecule has 30 nitrogen and oxygen atoms in total. The number of hydrogen-bond acceptors (Lipinski definition) is 26. The minimum absolute atomic E-state index is 0.0880. The highest BCUT2D eigenvalue weighted by molar-refractivity contribution is 9.09. The largest absolute Gasteiger partial charge is 0.643 e. The number of morpholine rings is 1. The van der Waals surface area contributed by atoms with Crippen molar-refractivity contribution in [2.45, 2.75) is 264 Å². The lowest BCUT2D eigenvalue weighted by Gasteiger charge is -2.30. The third-order valence-electron chi connectivity index (χ3n) is 22.9. The van der Waals surface area contributed by atoms with Crippen LogP contribution in [0.15, 0.2) is 78.9 Å². The standard InChI is InChI=1S/C25H37N7O.C25H38N6O2.C24H28N6.C17H22N6.C8H17BrO2.Al.3ClH/c1-7-18(15-31-11-13-33-14-12-31)32-25-22(17(5)30-32)29-23(20(8-2)28-25)19-9-10-21(16(3)4)27-24(19)26-6;1-9-18-22(17-13-14-19(15(5)6)27-23(17)26-8)29-21-16(7)30-31(24(21)28-18)20(10-2)25(32-11-3)33-12-4;1-6-19-22(18-12-13-20(15(2)3)26-23(18)25-5)28-21-16(4)29-30(24(21)27-19)14-17-10-8-7-9-11-17;1-6-12-15(21-14-10(4)22-23-17(14)19-12)11-7-8-13(9(2)3)20-16(11)18-5;1-4-7(9)8(10-5-2)11-6-3;;;;/h9-10,16,18H,7-8,11-15H2,1-6H3,(H,26,27);13-15,20,25H,9-12H2,1-8H3,(H,26,27);7-13,15H,6,14H2,1-5H3,(H,25,26);7-9H,6H2,1-5H3,(H,18,20)(H,19,22,23);7-8H,4-6H2,1-3H3;;3*1H/q;;;;;+3;;;/p-3. The van der Waals surface area contributed by atoms with E-state index in [1.54, 1.807) is 0 Å². The molecule has 13 heterocycles. The number of fused-ring (bicyclic) bond motifs is 4. The molecule has 1 aliphatic rings. The molecule has 0 radical (unpaired) electrons. The molecule has 724 valence electrons. The molecule has 35 heteroatoms. The summed E-state index contributed by atoms with van der Waals surface area (Å²) in [7, 11) is 22.4. The number of nitrogens with zero attached hydrogens (tertiary/aromatic N) is 20. The lowest BCUT2D eigenvalue weighted by Crippen LogP contribution is -2.40. The summed E-state index contributed by atoms with van der Waals surface area (Å²) < 4.78 is 34.1. The van der Waals surface area contributed by atoms with Gasteiger partial charge < -0.3 is 45.0 Å². The quantitative estimate of drug-likeness (QED) is 0.0140. The monoisotopic (exact) mass is 1970 g/mol. The molecule has 1 fully saturated rings. The fourth-order valence-electron chi connectivity index (χ4n) is 15.6. The number of aromatic amines is 1. The van der Waals surface area contributed by atoms with Crippen molar-refractivity contribution in [1.82, 2.24) is 104 Å². The summed E-state index contributed by atoms with van der Waals surface area (Å²) in [5.41, 5.74) is 26.6. The van der Waals surface area contributed by atoms with Gasteiger partial charge in [0.1, 0.15) is 51.4 Å². The first kappa shape index (κ1) is 109. The Labute approximate surface area is 818 Å². The average Bonchev–Trinajstić information content (AvgIpc) is 1.60. The van der Waals surface area contributed by atoms with Gasteiger partial charge >= 0.3 is 11.4 Å². The topological polar surface area (TPSA) is 334 Å². The van der Waals surface area contributed by atoms with Crippen LogP contribution in [0.4, 0.5) is 23.3 Å². The number of aryl methyl sites for hydroxylation is 8. The Balaban J connectivity index is 0.000000192. The maximum Gasteiger partial charge on any atom is 0.643 e. The summed E-state index contributed by atoms with van der Waals surface area (Å²) in [5, 5.41) is 34.6. The van der Waals surface area contributed by atoms with Crippen molar-refractivity contribution in [1.29, 1.82) is 0 Å². The number of ether oxygens (including phenoxy) is 5. The summed E-state index contributed by atoms with van der Waals surface area (Å²) in [6.45, 7) is 55.6. The van der Waals surface area contributed by atoms with Crippen LogP contribution >= 0.6 is 46.1 Å². The molecule has 14 rings (SSSR count). The van der Waals surface area contributed by atoms with E-state index < -0.39 is 11.4 Å². The molecule has 1 saturated heterocycles. The number of aromatic nitrogens is 20. The SMILES string of the molecule is CCOC(OCC)C(Br)CC.CCOC(OCC)C(CC)n1nc(C)c2nc(-c3ccc(C(C)C)nc3NC)c(CC)nc21.CCc1nc2c(nc1-c1ccc(C(C)C)nc1NC)c(C)nn2C(CC)CN1CCOCC1.CCc1nc2c(nc1-c1ccc(C(C)C)nc1NC)c(C)nn2Cc1ccccc1.CCc1nc2n[nH]c(C)c2nc1-c1ccc(C(C)C)nc1NC.[Cl][Al]([Cl])[Cl]. The highest BCUT2D eigenvalue weighted by Crippen LogP contribution is 2.38. The molecule has 0 spiro atoms. The van der Waals surface area contributed by atoms with E-state index in [9.17, 15) is 0 Å². The molecule has 1 aliphatic heterocycles. The van der Waals surface area contributed by atoms with E-state index >= 15 is 0 Å². The van der Waals surface area contributed by atoms with Crippen LogP contribution in [0.1, 0.15) is 260 Å². The molecule has 0 amide bonds. The number of halogens is 4. The van der Waals surface area contributed by atoms with E-state index in [-0.39, 0.29) is 24.7 Å². The van der Waals surface area contributed by atoms with Crippen molar-refractivity contribution in [2.75, 3.05) is 109 Å². The number of alkyl halides is 1. The van der Waals surface area contributed by atoms with Crippen molar-refractivity contribution in [2.24, 2.45) is 0 Å². The van der Waals surface area contributed by atoms with Crippen LogP contribution in [-0.4, -0.2) is 221 Å². The predicted octanol–water partition coefficient (Wildman–Crippen LogP) is 22.2. The van der Waals surface area contributed by atoms with Crippen molar-refractivity contribution >= 4 is 125 Å². The lowest BCUT2D eigenvalue weighted by atomic mass is 10.0. The van der Waals surface area contributed by atoms with Gasteiger partial charge in [0.15, 0.2) is 35.2 Å². The Morgan fingerprint density at radius 2 is 0.784 bits per heavy atom. The van der Waals surface area contributed by atoms with Gasteiger partial charge in [-0.05, 0) is 178 Å². The van der Waals surface area contributed by atoms with Crippen molar-refractivity contribution in [3.63, 3.8) is 0 Å². The number of hydrogen-bond donors (Lipinski definition) is 5. The average molecular weight is 1980 g/mol. The molecule has 0 aliphatic carbocycles. The minimum atomic E-state index is -1.72. The van der Waals surface area contributed by atoms with Crippen LogP contribution in [0, 0.1) is 27.7 Å². The number of nitrogens with one attached hydrogen (secondary N) is 5. The van der Waals surface area contributed by atoms with Gasteiger partial charge in [0.05, 0.1) is 99.0 Å². The predicted molar refractivity (Wildman–Crippen MR) is 553 cm³/mol. The van der Waals surface area contributed by atoms with Crippen LogP contribution in [0.5, 0.6) is 0 Å². The molecule has 134 heavy (non-hydrogen) atoms. The first-order valence-corrected chi connectivity index (χ1v) is 53.7. The smallest absolute Gasteiger partial charge is 0.379 e. The van der Waals surface area contributed by atoms with Gasteiger partial charge in [-0.2, -0.15) is 20.4 Å². The van der Waals surface area contributed by atoms with E-state index in [0.717, 1.165) is 253 Å². The molecule has 12 aromatic heterocycles. The highest BCUT2D eigenvalue weighted by atomic mass is 79.9. The Bertz CT molecular complexity index is 5880. The molecule has 0 bridgehead atoms. The second-order valence-electron chi connectivity index (χ2n) is 33.6. The van der Waals surface area contributed by atoms with Gasteiger partial charge in [-0.3, -0.25) is 10.00 Å². The summed E-state index contributed by atoms with van der Waals surface area (Å²) in [5.74, 6) is 4.78. The lowest BCUT2D eigenvalue weighted by molar-refractivity contribution is -0.164. The van der Waals surface area contributed by atoms with Crippen molar-refractivity contribution in [3.05, 3.63) is 153 Å². The molecular weight excluding hydrogens is 1830 g/mol. The highest BCUT2D eigenvalue weighted by Gasteiger charge is 2.31. The van der Waals surface area contributed by atoms with Crippen LogP contribution in [0.3, 0.4) is 0 Å². The van der Waals surface area contributed by atoms with E-state index in [4.69, 9.17) is 124 Å². The van der Waals surface area contributed by atoms with E-state index in [2.05, 4.69) is 226 Å². The number of pyridine rings is 4. The Kier molecular flexibility index (Phi) is 42.9. The van der Waals surface area contributed by atoms with Gasteiger partial charge in [0, 0.05) is 119 Å². The Morgan fingerprint density at radius 3 is 1.15 bits per heavy atom. The number of H-pyrrole nitrogens is 1. The number of rotatable bonds is 35. The molecule has 5 N–H and O–H groups in total. The fraction of sp³-hybridized carbons (Fsp3) is 0.535. The van der Waals surface area contributed by atoms with E-state index in [1.165, 1.54) is 5.56 Å². The van der Waals surface area contributed by atoms with Crippen LogP contribution in [-0.2, 0) is 55.9 Å². The van der Waals surface area contributed by atoms with Gasteiger partial charge in [0.25, 0.3) is 0 Å². The van der Waals surface area contributed by atoms with Crippen LogP contribution in [0.2, 0.25) is 0 Å². The van der Waals surface area contributed by atoms with Crippen LogP contribution < -0.4 is 21.3 Å². The van der Waals surface area contributed by atoms with Gasteiger partial charge in [-0.25, -0.2) is 104 Å². The molecule has 13 aromatic rings. The van der Waals surface area contributed by atoms with Crippen molar-refractivity contribution < 1.29 is 23.7 Å². The molecule has 3 unspecified atom stereocenters. The third kappa shape index (κ3) is 27.4. The first-order chi connectivity index (χ1) is 64.4. The normalized spacial score (nSPS) is 12.9. The summed E-state index contributed by atoms with van der Waals surface area (Å²) in [6.07, 6.45) is 5.44. The van der Waals surface area contributed by atoms with Gasteiger partial charge in [0.2, 0.25) is 0 Å². The molecular formula is C99H142AlBrCl3N25O5. The fourth-order valence-corrected chi connectivity index (χ4v) is 15.9. The van der Waals surface area contributed by atoms with Gasteiger partial charge in [-0.1, -0.05) is 150 Å². The van der Waals surface area contributed by atoms with E-state index in [1.807, 2.05) is 111 Å². The minimum Gasteiger partial charge on any atom is -0.379 e. The maximum atomic E-state index is 5.91. The summed E-state index contributed by atoms with van der Waals surface area (Å²) in [6, 6.07) is 27.2. The second-order valence-corrected chi connectivity index (χ2v) is 41.3. The van der Waals surface area contributed by atoms with Gasteiger partial charge in [-0.15, -0.1) is 0 Å². The molecule has 1 aromatic carbocycles. The number of anilines is 4. The van der Waals surface area contributed by atoms with E-state index in [0.29, 0.717) is 67.1 Å². The first-order valence-electron chi connectivity index (χ1n) is 47.5. The molecule has 3 atom stereocenters. The second kappa shape index (κ2) is 53.0.